The molecule has 0 aliphatic heterocycles. The fraction of sp³-hybridized carbons (Fsp3) is 0. The van der Waals surface area contributed by atoms with Crippen LogP contribution in [0.5, 0.6) is 0 Å². The van der Waals surface area contributed by atoms with E-state index in [0.29, 0.717) is 10.0 Å². The minimum Gasteiger partial charge on any atom is -0.197 e. The fourth-order valence-corrected chi connectivity index (χ4v) is 0.869. The molecule has 0 atom stereocenters. The zero-order valence-electron chi connectivity index (χ0n) is 5.81. The Morgan fingerprint density at radius 2 is 1.73 bits per heavy atom. The third-order valence-electron chi connectivity index (χ3n) is 1.03. The van der Waals surface area contributed by atoms with Crippen LogP contribution in [0, 0.1) is 6.92 Å². The van der Waals surface area contributed by atoms with Crippen LogP contribution in [-0.2, 0) is 19.5 Å². The van der Waals surface area contributed by atoms with E-state index in [4.69, 9.17) is 23.2 Å². The summed E-state index contributed by atoms with van der Waals surface area (Å²) in [7, 11) is 0. The summed E-state index contributed by atoms with van der Waals surface area (Å²) in [6.45, 7) is 3.66. The van der Waals surface area contributed by atoms with Crippen LogP contribution < -0.4 is 0 Å². The predicted octanol–water partition coefficient (Wildman–Crippen LogP) is 3.75. The zero-order chi connectivity index (χ0) is 6.85. The molecule has 1 aromatic carbocycles. The monoisotopic (exact) mass is 303 g/mol. The molecule has 0 spiro atoms. The van der Waals surface area contributed by atoms with Crippen molar-refractivity contribution in [1.82, 2.24) is 0 Å². The van der Waals surface area contributed by atoms with E-state index in [-0.39, 0.29) is 36.5 Å². The second-order valence-corrected chi connectivity index (χ2v) is 2.50. The molecule has 1 rings (SSSR count). The van der Waals surface area contributed by atoms with Gasteiger partial charge in [0, 0.05) is 24.5 Å². The van der Waals surface area contributed by atoms with Crippen molar-refractivity contribution >= 4 is 40.2 Å². The summed E-state index contributed by atoms with van der Waals surface area (Å²) in [5.41, 5.74) is 0.768. The van der Waals surface area contributed by atoms with Crippen LogP contribution in [0.4, 0.5) is 0 Å². The van der Waals surface area contributed by atoms with Crippen LogP contribution in [0.2, 0.25) is 10.0 Å². The van der Waals surface area contributed by atoms with E-state index in [9.17, 15) is 0 Å². The first-order chi connectivity index (χ1) is 4.22. The number of benzene rings is 1. The Morgan fingerprint density at radius 3 is 2.09 bits per heavy atom. The molecule has 0 aromatic heterocycles. The second-order valence-electron chi connectivity index (χ2n) is 1.71. The normalized spacial score (nSPS) is 7.82. The maximum absolute atomic E-state index is 5.68. The zero-order valence-corrected chi connectivity index (χ0v) is 12.0. The van der Waals surface area contributed by atoms with E-state index in [2.05, 4.69) is 6.92 Å². The summed E-state index contributed by atoms with van der Waals surface area (Å²) in [5.74, 6) is 0. The molecule has 1 aromatic rings. The maximum atomic E-state index is 5.68. The fourth-order valence-electron chi connectivity index (χ4n) is 0.548. The van der Waals surface area contributed by atoms with E-state index < -0.39 is 0 Å². The van der Waals surface area contributed by atoms with Crippen molar-refractivity contribution in [3.8, 4) is 0 Å². The minimum atomic E-state index is 0. The Labute approximate surface area is 99.8 Å². The van der Waals surface area contributed by atoms with Gasteiger partial charge in [-0.25, -0.2) is 0 Å². The topological polar surface area (TPSA) is 0 Å². The largest absolute Gasteiger partial charge is 0.197 e. The molecule has 0 amide bonds. The van der Waals surface area contributed by atoms with Crippen LogP contribution in [-0.4, -0.2) is 0 Å². The van der Waals surface area contributed by atoms with Gasteiger partial charge in [0.1, 0.15) is 0 Å². The molecule has 0 N–H and O–H groups in total. The molecule has 0 aliphatic carbocycles. The van der Waals surface area contributed by atoms with Crippen LogP contribution in [0.3, 0.4) is 0 Å². The Morgan fingerprint density at radius 1 is 1.18 bits per heavy atom. The molecule has 11 heavy (non-hydrogen) atoms. The van der Waals surface area contributed by atoms with Crippen LogP contribution in [0.15, 0.2) is 18.2 Å². The molecular weight excluding hydrogens is 300 g/mol. The summed E-state index contributed by atoms with van der Waals surface area (Å²) in [6, 6.07) is 5.36. The van der Waals surface area contributed by atoms with E-state index >= 15 is 0 Å². The SMILES string of the molecule is Br.[CH2-]c1cccc(Cl)c1Cl.[Zn]. The second kappa shape index (κ2) is 6.31. The molecule has 0 aliphatic rings. The van der Waals surface area contributed by atoms with Crippen molar-refractivity contribution < 1.29 is 19.5 Å². The average molecular weight is 306 g/mol. The third-order valence-corrected chi connectivity index (χ3v) is 1.89. The Bertz CT molecular complexity index is 207. The quantitative estimate of drug-likeness (QED) is 0.506. The summed E-state index contributed by atoms with van der Waals surface area (Å²) >= 11 is 11.3. The Balaban J connectivity index is 0. The van der Waals surface area contributed by atoms with Crippen LogP contribution in [0.25, 0.3) is 0 Å². The molecule has 0 saturated heterocycles. The molecule has 0 saturated carbocycles. The number of hydrogen-bond donors (Lipinski definition) is 0. The molecule has 4 heteroatoms. The minimum absolute atomic E-state index is 0. The van der Waals surface area contributed by atoms with Gasteiger partial charge in [0.05, 0.1) is 0 Å². The van der Waals surface area contributed by atoms with Crippen molar-refractivity contribution in [3.63, 3.8) is 0 Å². The number of rotatable bonds is 0. The van der Waals surface area contributed by atoms with Gasteiger partial charge in [0.15, 0.2) is 0 Å². The maximum Gasteiger partial charge on any atom is 0.00307 e. The molecule has 0 nitrogen and oxygen atoms in total. The summed E-state index contributed by atoms with van der Waals surface area (Å²) in [4.78, 5) is 0. The van der Waals surface area contributed by atoms with Crippen molar-refractivity contribution in [2.45, 2.75) is 0 Å². The average Bonchev–Trinajstić information content (AvgIpc) is 1.83. The van der Waals surface area contributed by atoms with Gasteiger partial charge in [-0.05, 0) is 5.02 Å². The van der Waals surface area contributed by atoms with Gasteiger partial charge >= 0.3 is 0 Å². The molecular formula is C7H6BrCl2Zn-. The van der Waals surface area contributed by atoms with Gasteiger partial charge in [-0.15, -0.1) is 23.0 Å². The smallest absolute Gasteiger partial charge is 0.00307 e. The van der Waals surface area contributed by atoms with Gasteiger partial charge in [0.25, 0.3) is 0 Å². The molecule has 58 valence electrons. The van der Waals surface area contributed by atoms with Gasteiger partial charge in [-0.2, -0.15) is 30.2 Å². The first-order valence-electron chi connectivity index (χ1n) is 2.48. The van der Waals surface area contributed by atoms with Crippen molar-refractivity contribution in [2.75, 3.05) is 0 Å². The van der Waals surface area contributed by atoms with Gasteiger partial charge in [0.2, 0.25) is 0 Å². The standard InChI is InChI=1S/C7H5Cl2.BrH.Zn/c1-5-3-2-4-6(8)7(5)9;;/h2-4H,1H2;1H;/q-1;;. The molecule has 0 bridgehead atoms. The van der Waals surface area contributed by atoms with E-state index in [1.54, 1.807) is 6.07 Å². The Hall–Kier alpha value is 0.773. The van der Waals surface area contributed by atoms with Gasteiger partial charge in [-0.1, -0.05) is 17.7 Å². The van der Waals surface area contributed by atoms with Gasteiger partial charge < -0.3 is 0 Å². The van der Waals surface area contributed by atoms with Crippen LogP contribution in [0.1, 0.15) is 5.56 Å². The number of hydrogen-bond acceptors (Lipinski definition) is 0. The van der Waals surface area contributed by atoms with Crippen molar-refractivity contribution in [2.24, 2.45) is 0 Å². The number of halogens is 3. The summed E-state index contributed by atoms with van der Waals surface area (Å²) in [5, 5.41) is 1.10. The van der Waals surface area contributed by atoms with E-state index in [1.165, 1.54) is 0 Å². The summed E-state index contributed by atoms with van der Waals surface area (Å²) < 4.78 is 0. The predicted molar refractivity (Wildman–Crippen MR) is 51.2 cm³/mol. The molecule has 0 radical (unpaired) electrons. The molecule has 0 heterocycles. The van der Waals surface area contributed by atoms with E-state index in [1.807, 2.05) is 12.1 Å². The first kappa shape index (κ1) is 14.3. The van der Waals surface area contributed by atoms with E-state index in [0.717, 1.165) is 5.56 Å². The third kappa shape index (κ3) is 3.80. The molecule has 0 unspecified atom stereocenters. The van der Waals surface area contributed by atoms with Gasteiger partial charge in [-0.3, -0.25) is 0 Å². The molecule has 0 fully saturated rings. The van der Waals surface area contributed by atoms with Crippen LogP contribution >= 0.6 is 40.2 Å². The summed E-state index contributed by atoms with van der Waals surface area (Å²) in [6.07, 6.45) is 0. The Kier molecular flexibility index (Phi) is 8.20. The van der Waals surface area contributed by atoms with Crippen molar-refractivity contribution in [1.29, 1.82) is 0 Å². The first-order valence-corrected chi connectivity index (χ1v) is 3.23. The van der Waals surface area contributed by atoms with Crippen molar-refractivity contribution in [3.05, 3.63) is 40.7 Å².